The van der Waals surface area contributed by atoms with E-state index in [2.05, 4.69) is 10.3 Å². The van der Waals surface area contributed by atoms with Crippen molar-refractivity contribution in [3.8, 4) is 11.6 Å². The van der Waals surface area contributed by atoms with E-state index in [-0.39, 0.29) is 27.9 Å². The van der Waals surface area contributed by atoms with Gasteiger partial charge in [0.05, 0.1) is 31.8 Å². The second-order valence-corrected chi connectivity index (χ2v) is 6.36. The molecule has 2 amide bonds. The van der Waals surface area contributed by atoms with Gasteiger partial charge in [-0.2, -0.15) is 4.31 Å². The fourth-order valence-corrected chi connectivity index (χ4v) is 3.74. The average Bonchev–Trinajstić information content (AvgIpc) is 2.54. The van der Waals surface area contributed by atoms with E-state index in [1.807, 2.05) is 0 Å². The molecule has 1 aromatic carbocycles. The van der Waals surface area contributed by atoms with E-state index < -0.39 is 16.1 Å². The van der Waals surface area contributed by atoms with Crippen molar-refractivity contribution in [2.75, 3.05) is 23.8 Å². The number of amides is 2. The molecule has 0 aliphatic carbocycles. The van der Waals surface area contributed by atoms with Crippen LogP contribution in [0.5, 0.6) is 11.6 Å². The summed E-state index contributed by atoms with van der Waals surface area (Å²) in [5.41, 5.74) is 0.289. The zero-order chi connectivity index (χ0) is 16.6. The molecule has 9 heteroatoms. The van der Waals surface area contributed by atoms with Gasteiger partial charge in [0.15, 0.2) is 5.75 Å². The van der Waals surface area contributed by atoms with Gasteiger partial charge in [-0.1, -0.05) is 12.1 Å². The number of fused-ring (bicyclic) bond motifs is 1. The third-order valence-electron chi connectivity index (χ3n) is 3.28. The Balaban J connectivity index is 2.15. The molecule has 3 rings (SSSR count). The first-order chi connectivity index (χ1) is 11.0. The molecule has 0 unspecified atom stereocenters. The van der Waals surface area contributed by atoms with E-state index in [1.54, 1.807) is 12.1 Å². The van der Waals surface area contributed by atoms with Gasteiger partial charge in [0, 0.05) is 6.07 Å². The first kappa shape index (κ1) is 15.1. The number of pyridine rings is 1. The molecule has 1 aliphatic heterocycles. The van der Waals surface area contributed by atoms with Gasteiger partial charge in [-0.15, -0.1) is 0 Å². The summed E-state index contributed by atoms with van der Waals surface area (Å²) >= 11 is 0. The first-order valence-corrected chi connectivity index (χ1v) is 7.96. The van der Waals surface area contributed by atoms with Crippen LogP contribution in [0.4, 0.5) is 16.2 Å². The number of nitrogens with one attached hydrogen (secondary N) is 1. The molecule has 1 N–H and O–H groups in total. The number of sulfonamides is 1. The highest BCUT2D eigenvalue weighted by molar-refractivity contribution is 7.94. The number of methoxy groups -OCH3 is 2. The number of ether oxygens (including phenoxy) is 2. The minimum absolute atomic E-state index is 0.00869. The summed E-state index contributed by atoms with van der Waals surface area (Å²) in [5, 5.41) is 2.54. The topological polar surface area (TPSA) is 97.8 Å². The minimum atomic E-state index is -4.04. The average molecular weight is 335 g/mol. The molecular weight excluding hydrogens is 322 g/mol. The zero-order valence-corrected chi connectivity index (χ0v) is 13.1. The molecule has 2 heterocycles. The lowest BCUT2D eigenvalue weighted by Gasteiger charge is -2.28. The maximum Gasteiger partial charge on any atom is 0.340 e. The lowest BCUT2D eigenvalue weighted by molar-refractivity contribution is 0.259. The van der Waals surface area contributed by atoms with Gasteiger partial charge in [-0.3, -0.25) is 0 Å². The first-order valence-electron chi connectivity index (χ1n) is 6.52. The molecule has 0 fully saturated rings. The van der Waals surface area contributed by atoms with Crippen molar-refractivity contribution in [1.29, 1.82) is 0 Å². The highest BCUT2D eigenvalue weighted by atomic mass is 32.2. The normalized spacial score (nSPS) is 15.6. The molecule has 1 aliphatic rings. The van der Waals surface area contributed by atoms with Crippen LogP contribution in [0.2, 0.25) is 0 Å². The number of para-hydroxylation sites is 1. The molecule has 0 saturated heterocycles. The molecule has 1 aromatic heterocycles. The lowest BCUT2D eigenvalue weighted by Crippen LogP contribution is -2.44. The van der Waals surface area contributed by atoms with E-state index in [9.17, 15) is 13.2 Å². The zero-order valence-electron chi connectivity index (χ0n) is 12.3. The van der Waals surface area contributed by atoms with E-state index in [0.717, 1.165) is 0 Å². The van der Waals surface area contributed by atoms with Crippen molar-refractivity contribution in [1.82, 2.24) is 4.98 Å². The quantitative estimate of drug-likeness (QED) is 0.919. The van der Waals surface area contributed by atoms with Crippen molar-refractivity contribution in [2.24, 2.45) is 0 Å². The number of benzene rings is 1. The summed E-state index contributed by atoms with van der Waals surface area (Å²) in [6.07, 6.45) is 1.23. The predicted molar refractivity (Wildman–Crippen MR) is 82.5 cm³/mol. The molecule has 2 aromatic rings. The van der Waals surface area contributed by atoms with Crippen LogP contribution in [0, 0.1) is 0 Å². The Morgan fingerprint density at radius 3 is 2.61 bits per heavy atom. The Bertz CT molecular complexity index is 882. The number of urea groups is 1. The summed E-state index contributed by atoms with van der Waals surface area (Å²) in [6.45, 7) is 0. The Kier molecular flexibility index (Phi) is 3.57. The number of nitrogens with zero attached hydrogens (tertiary/aromatic N) is 2. The van der Waals surface area contributed by atoms with Crippen LogP contribution in [-0.2, 0) is 10.0 Å². The van der Waals surface area contributed by atoms with E-state index in [0.29, 0.717) is 4.31 Å². The largest absolute Gasteiger partial charge is 0.491 e. The van der Waals surface area contributed by atoms with Crippen molar-refractivity contribution < 1.29 is 22.7 Å². The van der Waals surface area contributed by atoms with Crippen LogP contribution in [0.3, 0.4) is 0 Å². The predicted octanol–water partition coefficient (Wildman–Crippen LogP) is 1.84. The highest BCUT2D eigenvalue weighted by Gasteiger charge is 2.38. The molecule has 0 bridgehead atoms. The second kappa shape index (κ2) is 5.43. The smallest absolute Gasteiger partial charge is 0.340 e. The van der Waals surface area contributed by atoms with Gasteiger partial charge in [-0.25, -0.2) is 18.2 Å². The van der Waals surface area contributed by atoms with Crippen LogP contribution < -0.4 is 19.1 Å². The summed E-state index contributed by atoms with van der Waals surface area (Å²) in [5.74, 6) is 0.401. The van der Waals surface area contributed by atoms with Crippen molar-refractivity contribution in [3.05, 3.63) is 36.5 Å². The molecule has 0 saturated carbocycles. The number of rotatable bonds is 3. The van der Waals surface area contributed by atoms with Gasteiger partial charge < -0.3 is 14.8 Å². The number of anilines is 2. The fourth-order valence-electron chi connectivity index (χ4n) is 2.26. The number of carbonyl (C=O) groups excluding carboxylic acids is 1. The number of aromatic nitrogens is 1. The molecule has 0 radical (unpaired) electrons. The van der Waals surface area contributed by atoms with Crippen molar-refractivity contribution in [3.63, 3.8) is 0 Å². The molecule has 0 spiro atoms. The van der Waals surface area contributed by atoms with Crippen LogP contribution in [-0.4, -0.2) is 33.7 Å². The summed E-state index contributed by atoms with van der Waals surface area (Å²) < 4.78 is 36.2. The Morgan fingerprint density at radius 1 is 1.17 bits per heavy atom. The van der Waals surface area contributed by atoms with Crippen LogP contribution in [0.1, 0.15) is 0 Å². The molecule has 8 nitrogen and oxygen atoms in total. The van der Waals surface area contributed by atoms with E-state index >= 15 is 0 Å². The van der Waals surface area contributed by atoms with Gasteiger partial charge in [0.2, 0.25) is 0 Å². The minimum Gasteiger partial charge on any atom is -0.491 e. The Hall–Kier alpha value is -2.81. The summed E-state index contributed by atoms with van der Waals surface area (Å²) in [7, 11) is -1.24. The van der Waals surface area contributed by atoms with Crippen LogP contribution in [0.25, 0.3) is 0 Å². The Labute approximate surface area is 132 Å². The lowest BCUT2D eigenvalue weighted by atomic mass is 10.3. The van der Waals surface area contributed by atoms with E-state index in [1.165, 1.54) is 38.6 Å². The summed E-state index contributed by atoms with van der Waals surface area (Å²) in [4.78, 5) is 16.2. The van der Waals surface area contributed by atoms with Gasteiger partial charge >= 0.3 is 6.03 Å². The number of hydrogen-bond acceptors (Lipinski definition) is 6. The fraction of sp³-hybridized carbons (Fsp3) is 0.143. The van der Waals surface area contributed by atoms with Crippen molar-refractivity contribution in [2.45, 2.75) is 4.90 Å². The molecule has 0 atom stereocenters. The van der Waals surface area contributed by atoms with Crippen LogP contribution in [0.15, 0.2) is 41.4 Å². The third-order valence-corrected chi connectivity index (χ3v) is 5.05. The summed E-state index contributed by atoms with van der Waals surface area (Å²) in [6, 6.07) is 6.75. The Morgan fingerprint density at radius 2 is 1.91 bits per heavy atom. The van der Waals surface area contributed by atoms with Crippen molar-refractivity contribution >= 4 is 27.4 Å². The number of hydrogen-bond donors (Lipinski definition) is 1. The highest BCUT2D eigenvalue weighted by Crippen LogP contribution is 2.36. The van der Waals surface area contributed by atoms with Gasteiger partial charge in [-0.05, 0) is 12.1 Å². The van der Waals surface area contributed by atoms with E-state index in [4.69, 9.17) is 9.47 Å². The van der Waals surface area contributed by atoms with Crippen LogP contribution >= 0.6 is 0 Å². The maximum atomic E-state index is 12.7. The SMILES string of the molecule is COc1cc(N2C(=O)Nc3ccccc3S2(=O)=O)cnc1OC. The molecule has 120 valence electrons. The molecular formula is C14H13N3O5S. The standard InChI is InChI=1S/C14H13N3O5S/c1-21-11-7-9(8-15-13(11)22-2)17-14(18)16-10-5-3-4-6-12(10)23(17,19)20/h3-8H,1-2H3,(H,16,18). The second-order valence-electron chi connectivity index (χ2n) is 4.60. The maximum absolute atomic E-state index is 12.7. The van der Waals surface area contributed by atoms with Gasteiger partial charge in [0.1, 0.15) is 4.90 Å². The molecule has 23 heavy (non-hydrogen) atoms. The number of carbonyl (C=O) groups is 1. The monoisotopic (exact) mass is 335 g/mol. The van der Waals surface area contributed by atoms with Gasteiger partial charge in [0.25, 0.3) is 15.9 Å². The third kappa shape index (κ3) is 2.34.